The number of carbonyl (C=O) groups is 1. The Balaban J connectivity index is 1.37. The quantitative estimate of drug-likeness (QED) is 0.685. The van der Waals surface area contributed by atoms with Gasteiger partial charge in [-0.2, -0.15) is 0 Å². The maximum atomic E-state index is 12.0. The van der Waals surface area contributed by atoms with Gasteiger partial charge in [-0.25, -0.2) is 13.1 Å². The van der Waals surface area contributed by atoms with Gasteiger partial charge in [-0.3, -0.25) is 4.79 Å². The molecule has 0 spiro atoms. The lowest BCUT2D eigenvalue weighted by atomic mass is 10.1. The summed E-state index contributed by atoms with van der Waals surface area (Å²) < 4.78 is 37.0. The number of carbonyl (C=O) groups excluding carboxylic acids is 1. The highest BCUT2D eigenvalue weighted by Gasteiger charge is 2.15. The van der Waals surface area contributed by atoms with Crippen LogP contribution in [-0.4, -0.2) is 33.4 Å². The number of fused-ring (bicyclic) bond motifs is 1. The van der Waals surface area contributed by atoms with E-state index in [-0.39, 0.29) is 31.4 Å². The Hall–Kier alpha value is -2.58. The molecular weight excluding hydrogens is 368 g/mol. The van der Waals surface area contributed by atoms with Crippen molar-refractivity contribution in [2.24, 2.45) is 0 Å². The van der Waals surface area contributed by atoms with E-state index in [4.69, 9.17) is 9.47 Å². The van der Waals surface area contributed by atoms with Crippen LogP contribution in [0.15, 0.2) is 48.5 Å². The van der Waals surface area contributed by atoms with E-state index >= 15 is 0 Å². The summed E-state index contributed by atoms with van der Waals surface area (Å²) in [6.07, 6.45) is 1.28. The summed E-state index contributed by atoms with van der Waals surface area (Å²) in [5.74, 6) is 0.968. The zero-order chi connectivity index (χ0) is 19.1. The fraction of sp³-hybridized carbons (Fsp3) is 0.316. The van der Waals surface area contributed by atoms with E-state index in [0.29, 0.717) is 30.0 Å². The molecule has 1 heterocycles. The predicted molar refractivity (Wildman–Crippen MR) is 102 cm³/mol. The van der Waals surface area contributed by atoms with Crippen molar-refractivity contribution in [3.05, 3.63) is 54.1 Å². The van der Waals surface area contributed by atoms with Crippen LogP contribution in [0.2, 0.25) is 0 Å². The number of sulfonamides is 1. The average Bonchev–Trinajstić information content (AvgIpc) is 3.10. The molecule has 7 nitrogen and oxygen atoms in total. The Kier molecular flexibility index (Phi) is 6.31. The minimum Gasteiger partial charge on any atom is -0.454 e. The minimum absolute atomic E-state index is 0.0334. The zero-order valence-electron chi connectivity index (χ0n) is 14.8. The van der Waals surface area contributed by atoms with Crippen molar-refractivity contribution in [3.63, 3.8) is 0 Å². The van der Waals surface area contributed by atoms with Gasteiger partial charge in [-0.15, -0.1) is 0 Å². The second-order valence-electron chi connectivity index (χ2n) is 6.17. The van der Waals surface area contributed by atoms with Crippen LogP contribution in [0, 0.1) is 0 Å². The van der Waals surface area contributed by atoms with Crippen LogP contribution in [-0.2, 0) is 21.2 Å². The molecule has 2 N–H and O–H groups in total. The molecule has 0 unspecified atom stereocenters. The number of hydrogen-bond donors (Lipinski definition) is 2. The molecule has 1 aliphatic heterocycles. The van der Waals surface area contributed by atoms with Crippen molar-refractivity contribution in [2.45, 2.75) is 19.3 Å². The third-order valence-electron chi connectivity index (χ3n) is 4.05. The summed E-state index contributed by atoms with van der Waals surface area (Å²) >= 11 is 0. The van der Waals surface area contributed by atoms with Crippen LogP contribution < -0.4 is 19.5 Å². The molecule has 1 amide bonds. The van der Waals surface area contributed by atoms with Crippen LogP contribution in [0.25, 0.3) is 0 Å². The van der Waals surface area contributed by atoms with Gasteiger partial charge < -0.3 is 14.8 Å². The van der Waals surface area contributed by atoms with Crippen LogP contribution >= 0.6 is 0 Å². The smallest absolute Gasteiger partial charge is 0.231 e. The number of anilines is 1. The molecule has 0 saturated carbocycles. The van der Waals surface area contributed by atoms with Gasteiger partial charge in [0.05, 0.1) is 5.75 Å². The van der Waals surface area contributed by atoms with Gasteiger partial charge in [0, 0.05) is 24.7 Å². The number of aryl methyl sites for hydroxylation is 1. The van der Waals surface area contributed by atoms with Crippen LogP contribution in [0.3, 0.4) is 0 Å². The predicted octanol–water partition coefficient (Wildman–Crippen LogP) is 2.30. The Morgan fingerprint density at radius 3 is 2.63 bits per heavy atom. The molecule has 0 aliphatic carbocycles. The van der Waals surface area contributed by atoms with Crippen molar-refractivity contribution in [1.29, 1.82) is 0 Å². The summed E-state index contributed by atoms with van der Waals surface area (Å²) in [6, 6.07) is 14.8. The zero-order valence-corrected chi connectivity index (χ0v) is 15.6. The van der Waals surface area contributed by atoms with E-state index in [1.165, 1.54) is 0 Å². The average molecular weight is 390 g/mol. The van der Waals surface area contributed by atoms with E-state index in [9.17, 15) is 13.2 Å². The summed E-state index contributed by atoms with van der Waals surface area (Å²) in [5, 5.41) is 2.71. The molecule has 2 aromatic rings. The molecule has 1 aliphatic rings. The molecule has 0 bridgehead atoms. The number of amides is 1. The van der Waals surface area contributed by atoms with Gasteiger partial charge in [0.1, 0.15) is 0 Å². The Morgan fingerprint density at radius 1 is 1.04 bits per heavy atom. The fourth-order valence-electron chi connectivity index (χ4n) is 2.70. The lowest BCUT2D eigenvalue weighted by Crippen LogP contribution is -2.30. The van der Waals surface area contributed by atoms with E-state index in [0.717, 1.165) is 5.56 Å². The standard InChI is InChI=1S/C19H22N2O5S/c22-19(21-16-8-9-17-18(13-16)26-14-25-17)10-11-20-27(23,24)12-4-7-15-5-2-1-3-6-15/h1-3,5-6,8-9,13,20H,4,7,10-12,14H2,(H,21,22). The van der Waals surface area contributed by atoms with E-state index in [1.807, 2.05) is 30.3 Å². The highest BCUT2D eigenvalue weighted by molar-refractivity contribution is 7.89. The first-order valence-corrected chi connectivity index (χ1v) is 10.4. The molecule has 2 aromatic carbocycles. The summed E-state index contributed by atoms with van der Waals surface area (Å²) in [7, 11) is -3.39. The monoisotopic (exact) mass is 390 g/mol. The van der Waals surface area contributed by atoms with Crippen LogP contribution in [0.4, 0.5) is 5.69 Å². The van der Waals surface area contributed by atoms with E-state index < -0.39 is 10.0 Å². The molecule has 3 rings (SSSR count). The molecule has 0 atom stereocenters. The third-order valence-corrected chi connectivity index (χ3v) is 5.52. The Bertz CT molecular complexity index is 884. The molecule has 0 radical (unpaired) electrons. The molecule has 144 valence electrons. The first kappa shape index (κ1) is 19.2. The molecule has 8 heteroatoms. The van der Waals surface area contributed by atoms with Crippen molar-refractivity contribution >= 4 is 21.6 Å². The Morgan fingerprint density at radius 2 is 1.81 bits per heavy atom. The summed E-state index contributed by atoms with van der Waals surface area (Å²) in [4.78, 5) is 12.0. The number of rotatable bonds is 9. The molecular formula is C19H22N2O5S. The normalized spacial score (nSPS) is 12.7. The largest absolute Gasteiger partial charge is 0.454 e. The van der Waals surface area contributed by atoms with Gasteiger partial charge in [0.15, 0.2) is 11.5 Å². The van der Waals surface area contributed by atoms with Gasteiger partial charge in [0.25, 0.3) is 0 Å². The fourth-order valence-corrected chi connectivity index (χ4v) is 3.78. The van der Waals surface area contributed by atoms with Gasteiger partial charge in [0.2, 0.25) is 22.7 Å². The minimum atomic E-state index is -3.39. The van der Waals surface area contributed by atoms with E-state index in [2.05, 4.69) is 10.0 Å². The lowest BCUT2D eigenvalue weighted by Gasteiger charge is -2.08. The van der Waals surface area contributed by atoms with Gasteiger partial charge in [-0.1, -0.05) is 30.3 Å². The van der Waals surface area contributed by atoms with E-state index in [1.54, 1.807) is 18.2 Å². The van der Waals surface area contributed by atoms with Gasteiger partial charge >= 0.3 is 0 Å². The third kappa shape index (κ3) is 5.97. The van der Waals surface area contributed by atoms with Crippen molar-refractivity contribution < 1.29 is 22.7 Å². The second-order valence-corrected chi connectivity index (χ2v) is 8.09. The van der Waals surface area contributed by atoms with Crippen LogP contribution in [0.5, 0.6) is 11.5 Å². The first-order valence-electron chi connectivity index (χ1n) is 8.73. The molecule has 27 heavy (non-hydrogen) atoms. The van der Waals surface area contributed by atoms with Gasteiger partial charge in [-0.05, 0) is 30.5 Å². The van der Waals surface area contributed by atoms with Crippen molar-refractivity contribution in [2.75, 3.05) is 24.4 Å². The lowest BCUT2D eigenvalue weighted by molar-refractivity contribution is -0.116. The molecule has 0 fully saturated rings. The van der Waals surface area contributed by atoms with Crippen LogP contribution in [0.1, 0.15) is 18.4 Å². The first-order chi connectivity index (χ1) is 13.0. The number of hydrogen-bond acceptors (Lipinski definition) is 5. The SMILES string of the molecule is O=C(CCNS(=O)(=O)CCCc1ccccc1)Nc1ccc2c(c1)OCO2. The second kappa shape index (κ2) is 8.88. The molecule has 0 saturated heterocycles. The highest BCUT2D eigenvalue weighted by atomic mass is 32.2. The summed E-state index contributed by atoms with van der Waals surface area (Å²) in [6.45, 7) is 0.225. The number of ether oxygens (including phenoxy) is 2. The van der Waals surface area contributed by atoms with Crippen molar-refractivity contribution in [1.82, 2.24) is 4.72 Å². The number of benzene rings is 2. The maximum absolute atomic E-state index is 12.0. The molecule has 0 aromatic heterocycles. The Labute approximate surface area is 158 Å². The summed E-state index contributed by atoms with van der Waals surface area (Å²) in [5.41, 5.74) is 1.69. The maximum Gasteiger partial charge on any atom is 0.231 e. The number of nitrogens with one attached hydrogen (secondary N) is 2. The topological polar surface area (TPSA) is 93.7 Å². The van der Waals surface area contributed by atoms with Crippen molar-refractivity contribution in [3.8, 4) is 11.5 Å². The highest BCUT2D eigenvalue weighted by Crippen LogP contribution is 2.34.